The quantitative estimate of drug-likeness (QED) is 0.545. The zero-order chi connectivity index (χ0) is 12.5. The average molecular weight is 232 g/mol. The highest BCUT2D eigenvalue weighted by atomic mass is 16.5. The van der Waals surface area contributed by atoms with Gasteiger partial charge in [0.05, 0.1) is 11.6 Å². The van der Waals surface area contributed by atoms with Gasteiger partial charge in [-0.1, -0.05) is 6.08 Å². The van der Waals surface area contributed by atoms with E-state index in [4.69, 9.17) is 10.00 Å². The molecule has 1 unspecified atom stereocenters. The number of ether oxygens (including phenoxy) is 1. The Bertz CT molecular complexity index is 381. The summed E-state index contributed by atoms with van der Waals surface area (Å²) in [5, 5.41) is 21.2. The molecular formula is C13H16N2O2. The molecule has 0 spiro atoms. The molecule has 1 aromatic carbocycles. The predicted molar refractivity (Wildman–Crippen MR) is 65.7 cm³/mol. The maximum Gasteiger partial charge on any atom is 0.119 e. The number of benzene rings is 1. The second kappa shape index (κ2) is 7.44. The maximum absolute atomic E-state index is 9.56. The van der Waals surface area contributed by atoms with E-state index in [1.54, 1.807) is 30.3 Å². The minimum absolute atomic E-state index is 0.218. The number of hydrogen-bond donors (Lipinski definition) is 2. The molecule has 0 aromatic heterocycles. The summed E-state index contributed by atoms with van der Waals surface area (Å²) in [6.07, 6.45) is 1.17. The van der Waals surface area contributed by atoms with Gasteiger partial charge in [-0.15, -0.1) is 6.58 Å². The Balaban J connectivity index is 2.29. The Hall–Kier alpha value is -1.83. The van der Waals surface area contributed by atoms with Crippen molar-refractivity contribution < 1.29 is 9.84 Å². The van der Waals surface area contributed by atoms with E-state index >= 15 is 0 Å². The Morgan fingerprint density at radius 2 is 2.18 bits per heavy atom. The summed E-state index contributed by atoms with van der Waals surface area (Å²) in [6.45, 7) is 4.91. The average Bonchev–Trinajstić information content (AvgIpc) is 2.37. The molecule has 1 atom stereocenters. The largest absolute Gasteiger partial charge is 0.491 e. The fourth-order valence-corrected chi connectivity index (χ4v) is 1.23. The molecule has 0 radical (unpaired) electrons. The third-order valence-corrected chi connectivity index (χ3v) is 2.09. The molecule has 0 saturated carbocycles. The van der Waals surface area contributed by atoms with Crippen molar-refractivity contribution >= 4 is 0 Å². The number of hydrogen-bond acceptors (Lipinski definition) is 4. The summed E-state index contributed by atoms with van der Waals surface area (Å²) < 4.78 is 5.37. The van der Waals surface area contributed by atoms with Crippen molar-refractivity contribution in [1.29, 1.82) is 5.26 Å². The zero-order valence-corrected chi connectivity index (χ0v) is 9.60. The Morgan fingerprint density at radius 3 is 2.76 bits per heavy atom. The molecular weight excluding hydrogens is 216 g/mol. The summed E-state index contributed by atoms with van der Waals surface area (Å²) in [6, 6.07) is 8.81. The first-order valence-electron chi connectivity index (χ1n) is 5.39. The third kappa shape index (κ3) is 5.16. The first-order valence-corrected chi connectivity index (χ1v) is 5.39. The number of nitrogens with one attached hydrogen (secondary N) is 1. The second-order valence-electron chi connectivity index (χ2n) is 3.55. The van der Waals surface area contributed by atoms with E-state index in [0.717, 1.165) is 0 Å². The number of rotatable bonds is 7. The molecule has 2 N–H and O–H groups in total. The lowest BCUT2D eigenvalue weighted by Gasteiger charge is -2.12. The van der Waals surface area contributed by atoms with Gasteiger partial charge in [-0.2, -0.15) is 5.26 Å². The van der Waals surface area contributed by atoms with Crippen LogP contribution in [-0.4, -0.2) is 30.9 Å². The molecule has 0 aliphatic heterocycles. The fraction of sp³-hybridized carbons (Fsp3) is 0.308. The van der Waals surface area contributed by atoms with E-state index in [1.165, 1.54) is 0 Å². The predicted octanol–water partition coefficient (Wildman–Crippen LogP) is 1.07. The van der Waals surface area contributed by atoms with Crippen molar-refractivity contribution in [3.63, 3.8) is 0 Å². The highest BCUT2D eigenvalue weighted by Gasteiger charge is 2.04. The molecule has 0 amide bonds. The van der Waals surface area contributed by atoms with Crippen LogP contribution in [0.3, 0.4) is 0 Å². The molecule has 4 heteroatoms. The van der Waals surface area contributed by atoms with Gasteiger partial charge in [0.1, 0.15) is 18.5 Å². The molecule has 0 bridgehead atoms. The molecule has 1 rings (SSSR count). The second-order valence-corrected chi connectivity index (χ2v) is 3.55. The van der Waals surface area contributed by atoms with E-state index in [0.29, 0.717) is 24.4 Å². The molecule has 17 heavy (non-hydrogen) atoms. The van der Waals surface area contributed by atoms with Gasteiger partial charge in [-0.3, -0.25) is 0 Å². The summed E-state index contributed by atoms with van der Waals surface area (Å²) >= 11 is 0. The summed E-state index contributed by atoms with van der Waals surface area (Å²) in [7, 11) is 0. The van der Waals surface area contributed by atoms with Gasteiger partial charge in [0.2, 0.25) is 0 Å². The minimum Gasteiger partial charge on any atom is -0.491 e. The standard InChI is InChI=1S/C13H16N2O2/c1-2-7-15-9-12(16)10-17-13-5-3-11(8-14)4-6-13/h2-6,12,15-16H,1,7,9-10H2. The topological polar surface area (TPSA) is 65.3 Å². The maximum atomic E-state index is 9.56. The van der Waals surface area contributed by atoms with Crippen LogP contribution in [0.1, 0.15) is 5.56 Å². The summed E-state index contributed by atoms with van der Waals surface area (Å²) in [4.78, 5) is 0. The highest BCUT2D eigenvalue weighted by Crippen LogP contribution is 2.11. The molecule has 0 saturated heterocycles. The van der Waals surface area contributed by atoms with Crippen molar-refractivity contribution in [1.82, 2.24) is 5.32 Å². The van der Waals surface area contributed by atoms with Crippen LogP contribution in [0, 0.1) is 11.3 Å². The van der Waals surface area contributed by atoms with Gasteiger partial charge in [-0.05, 0) is 24.3 Å². The molecule has 1 aromatic rings. The zero-order valence-electron chi connectivity index (χ0n) is 9.60. The van der Waals surface area contributed by atoms with Crippen molar-refractivity contribution in [3.05, 3.63) is 42.5 Å². The van der Waals surface area contributed by atoms with Gasteiger partial charge in [0.25, 0.3) is 0 Å². The molecule has 90 valence electrons. The number of nitriles is 1. The van der Waals surface area contributed by atoms with Crippen LogP contribution in [0.15, 0.2) is 36.9 Å². The van der Waals surface area contributed by atoms with Crippen LogP contribution in [0.4, 0.5) is 0 Å². The van der Waals surface area contributed by atoms with Gasteiger partial charge in [0, 0.05) is 13.1 Å². The van der Waals surface area contributed by atoms with Gasteiger partial charge in [-0.25, -0.2) is 0 Å². The lowest BCUT2D eigenvalue weighted by atomic mass is 10.2. The monoisotopic (exact) mass is 232 g/mol. The lowest BCUT2D eigenvalue weighted by molar-refractivity contribution is 0.107. The van der Waals surface area contributed by atoms with E-state index in [2.05, 4.69) is 11.9 Å². The summed E-state index contributed by atoms with van der Waals surface area (Å²) in [5.41, 5.74) is 0.588. The molecule has 0 fully saturated rings. The van der Waals surface area contributed by atoms with Gasteiger partial charge >= 0.3 is 0 Å². The number of nitrogens with zero attached hydrogens (tertiary/aromatic N) is 1. The lowest BCUT2D eigenvalue weighted by Crippen LogP contribution is -2.31. The van der Waals surface area contributed by atoms with Gasteiger partial charge in [0.15, 0.2) is 0 Å². The minimum atomic E-state index is -0.564. The molecule has 4 nitrogen and oxygen atoms in total. The van der Waals surface area contributed by atoms with E-state index in [9.17, 15) is 5.11 Å². The van der Waals surface area contributed by atoms with Crippen LogP contribution in [0.2, 0.25) is 0 Å². The van der Waals surface area contributed by atoms with Crippen LogP contribution in [0.25, 0.3) is 0 Å². The normalized spacial score (nSPS) is 11.5. The van der Waals surface area contributed by atoms with E-state index in [1.807, 2.05) is 6.07 Å². The Labute approximate surface area is 101 Å². The Morgan fingerprint density at radius 1 is 1.47 bits per heavy atom. The molecule has 0 aliphatic carbocycles. The van der Waals surface area contributed by atoms with Gasteiger partial charge < -0.3 is 15.2 Å². The Kier molecular flexibility index (Phi) is 5.80. The van der Waals surface area contributed by atoms with Crippen LogP contribution < -0.4 is 10.1 Å². The number of aliphatic hydroxyl groups excluding tert-OH is 1. The SMILES string of the molecule is C=CCNCC(O)COc1ccc(C#N)cc1. The summed E-state index contributed by atoms with van der Waals surface area (Å²) in [5.74, 6) is 0.645. The van der Waals surface area contributed by atoms with E-state index in [-0.39, 0.29) is 6.61 Å². The highest BCUT2D eigenvalue weighted by molar-refractivity contribution is 5.34. The van der Waals surface area contributed by atoms with Crippen molar-refractivity contribution in [2.75, 3.05) is 19.7 Å². The van der Waals surface area contributed by atoms with Crippen LogP contribution in [0.5, 0.6) is 5.75 Å². The van der Waals surface area contributed by atoms with Crippen LogP contribution >= 0.6 is 0 Å². The third-order valence-electron chi connectivity index (χ3n) is 2.09. The fourth-order valence-electron chi connectivity index (χ4n) is 1.23. The first-order chi connectivity index (χ1) is 8.26. The van der Waals surface area contributed by atoms with Crippen molar-refractivity contribution in [3.8, 4) is 11.8 Å². The molecule has 0 heterocycles. The smallest absolute Gasteiger partial charge is 0.119 e. The van der Waals surface area contributed by atoms with Crippen molar-refractivity contribution in [2.45, 2.75) is 6.10 Å². The first kappa shape index (κ1) is 13.2. The molecule has 0 aliphatic rings. The number of aliphatic hydroxyl groups is 1. The van der Waals surface area contributed by atoms with E-state index < -0.39 is 6.10 Å². The van der Waals surface area contributed by atoms with Crippen molar-refractivity contribution in [2.24, 2.45) is 0 Å². The van der Waals surface area contributed by atoms with Crippen LogP contribution in [-0.2, 0) is 0 Å².